The van der Waals surface area contributed by atoms with Crippen molar-refractivity contribution >= 4 is 11.7 Å². The van der Waals surface area contributed by atoms with Crippen molar-refractivity contribution in [1.82, 2.24) is 4.90 Å². The van der Waals surface area contributed by atoms with Crippen molar-refractivity contribution in [3.05, 3.63) is 89.1 Å². The lowest BCUT2D eigenvalue weighted by atomic mass is 10.2. The smallest absolute Gasteiger partial charge is 0.322 e. The summed E-state index contributed by atoms with van der Waals surface area (Å²) < 4.78 is 18.7. The summed E-state index contributed by atoms with van der Waals surface area (Å²) in [5.41, 5.74) is 1.78. The molecule has 0 spiro atoms. The molecule has 6 heteroatoms. The van der Waals surface area contributed by atoms with Crippen molar-refractivity contribution in [2.45, 2.75) is 20.0 Å². The second kappa shape index (κ2) is 8.19. The van der Waals surface area contributed by atoms with Crippen molar-refractivity contribution in [3.8, 4) is 6.07 Å². The Morgan fingerprint density at radius 1 is 1.15 bits per heavy atom. The van der Waals surface area contributed by atoms with Gasteiger partial charge in [-0.25, -0.2) is 9.18 Å². The molecule has 1 aromatic heterocycles. The number of aryl methyl sites for hydroxylation is 1. The number of urea groups is 1. The summed E-state index contributed by atoms with van der Waals surface area (Å²) in [6, 6.07) is 18.0. The normalized spacial score (nSPS) is 10.3. The molecule has 3 aromatic rings. The molecule has 0 aliphatic heterocycles. The second-order valence-electron chi connectivity index (χ2n) is 6.12. The highest BCUT2D eigenvalue weighted by Gasteiger charge is 2.17. The predicted octanol–water partition coefficient (Wildman–Crippen LogP) is 4.83. The van der Waals surface area contributed by atoms with Crippen LogP contribution in [0.3, 0.4) is 0 Å². The van der Waals surface area contributed by atoms with Gasteiger partial charge in [-0.2, -0.15) is 5.26 Å². The fourth-order valence-corrected chi connectivity index (χ4v) is 2.64. The van der Waals surface area contributed by atoms with E-state index in [1.165, 1.54) is 12.1 Å². The van der Waals surface area contributed by atoms with Crippen LogP contribution in [0, 0.1) is 24.1 Å². The highest BCUT2D eigenvalue weighted by atomic mass is 19.1. The zero-order valence-electron chi connectivity index (χ0n) is 14.8. The average molecular weight is 363 g/mol. The number of hydrogen-bond donors (Lipinski definition) is 1. The lowest BCUT2D eigenvalue weighted by Crippen LogP contribution is -2.34. The highest BCUT2D eigenvalue weighted by Crippen LogP contribution is 2.16. The number of nitrogens with one attached hydrogen (secondary N) is 1. The van der Waals surface area contributed by atoms with E-state index in [-0.39, 0.29) is 24.9 Å². The third-order valence-electron chi connectivity index (χ3n) is 3.96. The molecule has 1 heterocycles. The highest BCUT2D eigenvalue weighted by molar-refractivity contribution is 5.89. The Morgan fingerprint density at radius 2 is 1.93 bits per heavy atom. The fourth-order valence-electron chi connectivity index (χ4n) is 2.64. The van der Waals surface area contributed by atoms with Gasteiger partial charge in [0.15, 0.2) is 0 Å². The third-order valence-corrected chi connectivity index (χ3v) is 3.96. The van der Waals surface area contributed by atoms with Gasteiger partial charge in [0.1, 0.15) is 17.3 Å². The number of nitriles is 1. The number of nitrogens with zero attached hydrogens (tertiary/aromatic N) is 2. The number of benzene rings is 2. The second-order valence-corrected chi connectivity index (χ2v) is 6.12. The lowest BCUT2D eigenvalue weighted by Gasteiger charge is -2.22. The molecule has 1 N–H and O–H groups in total. The predicted molar refractivity (Wildman–Crippen MR) is 99.3 cm³/mol. The topological polar surface area (TPSA) is 69.3 Å². The largest absolute Gasteiger partial charge is 0.464 e. The number of carbonyl (C=O) groups is 1. The van der Waals surface area contributed by atoms with Crippen molar-refractivity contribution < 1.29 is 13.6 Å². The van der Waals surface area contributed by atoms with Crippen LogP contribution in [0.1, 0.15) is 22.6 Å². The number of furan rings is 1. The summed E-state index contributed by atoms with van der Waals surface area (Å²) in [4.78, 5) is 14.4. The molecule has 136 valence electrons. The van der Waals surface area contributed by atoms with E-state index in [0.717, 1.165) is 11.3 Å². The van der Waals surface area contributed by atoms with E-state index in [4.69, 9.17) is 9.68 Å². The summed E-state index contributed by atoms with van der Waals surface area (Å²) in [6.45, 7) is 2.38. The van der Waals surface area contributed by atoms with Gasteiger partial charge in [0.2, 0.25) is 0 Å². The molecule has 0 saturated carbocycles. The fraction of sp³-hybridized carbons (Fsp3) is 0.143. The molecule has 5 nitrogen and oxygen atoms in total. The maximum absolute atomic E-state index is 13.2. The molecule has 27 heavy (non-hydrogen) atoms. The first-order valence-electron chi connectivity index (χ1n) is 8.39. The summed E-state index contributed by atoms with van der Waals surface area (Å²) in [5, 5.41) is 11.8. The van der Waals surface area contributed by atoms with E-state index in [1.54, 1.807) is 41.3 Å². The minimum absolute atomic E-state index is 0.259. The maximum atomic E-state index is 13.2. The lowest BCUT2D eigenvalue weighted by molar-refractivity contribution is 0.201. The van der Waals surface area contributed by atoms with Gasteiger partial charge in [-0.3, -0.25) is 0 Å². The Hall–Kier alpha value is -3.59. The minimum atomic E-state index is -0.344. The van der Waals surface area contributed by atoms with Gasteiger partial charge in [0, 0.05) is 12.2 Å². The summed E-state index contributed by atoms with van der Waals surface area (Å²) >= 11 is 0. The molecule has 3 rings (SSSR count). The molecule has 2 aromatic carbocycles. The van der Waals surface area contributed by atoms with E-state index in [0.29, 0.717) is 17.0 Å². The molecule has 0 atom stereocenters. The molecule has 0 aliphatic rings. The van der Waals surface area contributed by atoms with Gasteiger partial charge in [0.05, 0.1) is 18.2 Å². The Bertz CT molecular complexity index is 974. The van der Waals surface area contributed by atoms with E-state index in [1.807, 2.05) is 25.1 Å². The molecule has 0 fully saturated rings. The standard InChI is InChI=1S/C21H18FN3O2/c1-15-5-10-20(27-15)14-25(13-16-6-8-18(22)9-7-16)21(26)24-19-4-2-3-17(11-19)12-23/h2-11H,13-14H2,1H3,(H,24,26). The summed E-state index contributed by atoms with van der Waals surface area (Å²) in [6.07, 6.45) is 0. The molecular formula is C21H18FN3O2. The zero-order chi connectivity index (χ0) is 19.2. The Balaban J connectivity index is 1.79. The van der Waals surface area contributed by atoms with Gasteiger partial charge in [-0.15, -0.1) is 0 Å². The van der Waals surface area contributed by atoms with Crippen molar-refractivity contribution in [2.24, 2.45) is 0 Å². The first-order valence-corrected chi connectivity index (χ1v) is 8.39. The average Bonchev–Trinajstić information content (AvgIpc) is 3.08. The maximum Gasteiger partial charge on any atom is 0.322 e. The molecule has 0 radical (unpaired) electrons. The number of halogens is 1. The number of hydrogen-bond acceptors (Lipinski definition) is 3. The molecule has 2 amide bonds. The van der Waals surface area contributed by atoms with Crippen LogP contribution in [0.5, 0.6) is 0 Å². The number of anilines is 1. The van der Waals surface area contributed by atoms with Crippen LogP contribution in [-0.2, 0) is 13.1 Å². The quantitative estimate of drug-likeness (QED) is 0.706. The van der Waals surface area contributed by atoms with E-state index < -0.39 is 0 Å². The van der Waals surface area contributed by atoms with Crippen LogP contribution in [0.2, 0.25) is 0 Å². The molecule has 0 aliphatic carbocycles. The first kappa shape index (κ1) is 18.2. The Kier molecular flexibility index (Phi) is 5.53. The number of carbonyl (C=O) groups excluding carboxylic acids is 1. The Morgan fingerprint density at radius 3 is 2.59 bits per heavy atom. The molecule has 0 unspecified atom stereocenters. The van der Waals surface area contributed by atoms with Gasteiger partial charge in [-0.05, 0) is 55.0 Å². The van der Waals surface area contributed by atoms with Gasteiger partial charge in [-0.1, -0.05) is 18.2 Å². The summed E-state index contributed by atoms with van der Waals surface area (Å²) in [5.74, 6) is 1.08. The minimum Gasteiger partial charge on any atom is -0.464 e. The van der Waals surface area contributed by atoms with Gasteiger partial charge in [0.25, 0.3) is 0 Å². The van der Waals surface area contributed by atoms with Crippen LogP contribution in [0.25, 0.3) is 0 Å². The summed E-state index contributed by atoms with van der Waals surface area (Å²) in [7, 11) is 0. The van der Waals surface area contributed by atoms with Gasteiger partial charge < -0.3 is 14.6 Å². The van der Waals surface area contributed by atoms with Crippen LogP contribution in [0.15, 0.2) is 65.1 Å². The number of amides is 2. The van der Waals surface area contributed by atoms with E-state index >= 15 is 0 Å². The van der Waals surface area contributed by atoms with Crippen molar-refractivity contribution in [2.75, 3.05) is 5.32 Å². The van der Waals surface area contributed by atoms with Crippen molar-refractivity contribution in [1.29, 1.82) is 5.26 Å². The zero-order valence-corrected chi connectivity index (χ0v) is 14.8. The Labute approximate surface area is 156 Å². The molecule has 0 bridgehead atoms. The van der Waals surface area contributed by atoms with Crippen LogP contribution in [0.4, 0.5) is 14.9 Å². The third kappa shape index (κ3) is 4.95. The van der Waals surface area contributed by atoms with Crippen molar-refractivity contribution in [3.63, 3.8) is 0 Å². The van der Waals surface area contributed by atoms with E-state index in [9.17, 15) is 9.18 Å². The van der Waals surface area contributed by atoms with Gasteiger partial charge >= 0.3 is 6.03 Å². The molecule has 0 saturated heterocycles. The van der Waals surface area contributed by atoms with Crippen LogP contribution in [-0.4, -0.2) is 10.9 Å². The monoisotopic (exact) mass is 363 g/mol. The van der Waals surface area contributed by atoms with Crippen LogP contribution >= 0.6 is 0 Å². The number of rotatable bonds is 5. The van der Waals surface area contributed by atoms with Crippen LogP contribution < -0.4 is 5.32 Å². The first-order chi connectivity index (χ1) is 13.0. The SMILES string of the molecule is Cc1ccc(CN(Cc2ccc(F)cc2)C(=O)Nc2cccc(C#N)c2)o1. The molecular weight excluding hydrogens is 345 g/mol. The van der Waals surface area contributed by atoms with E-state index in [2.05, 4.69) is 5.32 Å².